The van der Waals surface area contributed by atoms with E-state index >= 15 is 0 Å². The average Bonchev–Trinajstić information content (AvgIpc) is 3.29. The third-order valence-electron chi connectivity index (χ3n) is 4.89. The Morgan fingerprint density at radius 2 is 2.12 bits per heavy atom. The summed E-state index contributed by atoms with van der Waals surface area (Å²) in [6.07, 6.45) is 1.68. The molecule has 0 radical (unpaired) electrons. The molecule has 2 aliphatic heterocycles. The number of rotatable bonds is 4. The molecule has 0 spiro atoms. The van der Waals surface area contributed by atoms with E-state index in [1.807, 2.05) is 40.6 Å². The number of fused-ring (bicyclic) bond motifs is 1. The molecule has 3 heterocycles. The van der Waals surface area contributed by atoms with Crippen molar-refractivity contribution in [1.82, 2.24) is 4.90 Å². The number of carbonyl (C=O) groups excluding carboxylic acids is 1. The minimum Gasteiger partial charge on any atom is -0.454 e. The van der Waals surface area contributed by atoms with Crippen molar-refractivity contribution < 1.29 is 19.0 Å². The summed E-state index contributed by atoms with van der Waals surface area (Å²) in [7, 11) is 0. The van der Waals surface area contributed by atoms with Crippen LogP contribution in [0.5, 0.6) is 11.5 Å². The highest BCUT2D eigenvalue weighted by Gasteiger charge is 2.35. The lowest BCUT2D eigenvalue weighted by molar-refractivity contribution is -0.0791. The van der Waals surface area contributed by atoms with E-state index in [-0.39, 0.29) is 24.3 Å². The van der Waals surface area contributed by atoms with E-state index in [1.54, 1.807) is 0 Å². The molecule has 1 fully saturated rings. The van der Waals surface area contributed by atoms with Crippen LogP contribution in [-0.4, -0.2) is 35.8 Å². The number of benzene rings is 1. The number of hydrogen-bond donors (Lipinski definition) is 0. The summed E-state index contributed by atoms with van der Waals surface area (Å²) in [6.45, 7) is 5.66. The molecule has 0 N–H and O–H groups in total. The number of carbonyl (C=O) groups is 1. The number of nitrogens with zero attached hydrogens (tertiary/aromatic N) is 1. The maximum atomic E-state index is 13.2. The fraction of sp³-hybridized carbons (Fsp3) is 0.450. The van der Waals surface area contributed by atoms with E-state index in [1.165, 1.54) is 11.3 Å². The van der Waals surface area contributed by atoms with Crippen molar-refractivity contribution >= 4 is 17.2 Å². The van der Waals surface area contributed by atoms with Crippen LogP contribution in [0.15, 0.2) is 35.7 Å². The van der Waals surface area contributed by atoms with Crippen LogP contribution in [0.3, 0.4) is 0 Å². The third-order valence-corrected chi connectivity index (χ3v) is 5.75. The summed E-state index contributed by atoms with van der Waals surface area (Å²) in [5.41, 5.74) is 0.828. The summed E-state index contributed by atoms with van der Waals surface area (Å²) >= 11 is 1.49. The molecule has 26 heavy (non-hydrogen) atoms. The molecule has 0 bridgehead atoms. The van der Waals surface area contributed by atoms with Crippen LogP contribution in [0.4, 0.5) is 0 Å². The normalized spacial score (nSPS) is 20.8. The predicted octanol–water partition coefficient (Wildman–Crippen LogP) is 4.08. The fourth-order valence-corrected chi connectivity index (χ4v) is 4.29. The molecule has 1 saturated heterocycles. The lowest BCUT2D eigenvalue weighted by atomic mass is 9.92. The van der Waals surface area contributed by atoms with Crippen LogP contribution in [0.2, 0.25) is 0 Å². The second-order valence-corrected chi connectivity index (χ2v) is 8.30. The zero-order valence-corrected chi connectivity index (χ0v) is 15.9. The fourth-order valence-electron chi connectivity index (χ4n) is 3.61. The number of ether oxygens (including phenoxy) is 3. The highest BCUT2D eigenvalue weighted by molar-refractivity contribution is 7.12. The van der Waals surface area contributed by atoms with Gasteiger partial charge in [-0.3, -0.25) is 4.79 Å². The van der Waals surface area contributed by atoms with Crippen LogP contribution >= 0.6 is 11.3 Å². The van der Waals surface area contributed by atoms with E-state index in [2.05, 4.69) is 13.8 Å². The molecule has 0 aliphatic carbocycles. The Morgan fingerprint density at radius 1 is 1.27 bits per heavy atom. The van der Waals surface area contributed by atoms with Gasteiger partial charge < -0.3 is 19.1 Å². The van der Waals surface area contributed by atoms with Crippen LogP contribution in [0.25, 0.3) is 0 Å². The second-order valence-electron chi connectivity index (χ2n) is 7.35. The minimum absolute atomic E-state index is 0.0837. The molecule has 1 atom stereocenters. The molecule has 2 aliphatic rings. The molecule has 4 rings (SSSR count). The van der Waals surface area contributed by atoms with E-state index < -0.39 is 0 Å². The van der Waals surface area contributed by atoms with Gasteiger partial charge >= 0.3 is 0 Å². The maximum absolute atomic E-state index is 13.2. The highest BCUT2D eigenvalue weighted by Crippen LogP contribution is 2.34. The van der Waals surface area contributed by atoms with Gasteiger partial charge in [0, 0.05) is 19.2 Å². The Morgan fingerprint density at radius 3 is 2.88 bits per heavy atom. The quantitative estimate of drug-likeness (QED) is 0.810. The second kappa shape index (κ2) is 6.93. The van der Waals surface area contributed by atoms with Gasteiger partial charge in [0.2, 0.25) is 6.79 Å². The van der Waals surface area contributed by atoms with Gasteiger partial charge in [0.1, 0.15) is 0 Å². The number of amides is 1. The van der Waals surface area contributed by atoms with Gasteiger partial charge in [0.05, 0.1) is 10.5 Å². The minimum atomic E-state index is -0.216. The molecule has 0 saturated carbocycles. The van der Waals surface area contributed by atoms with Crippen molar-refractivity contribution in [2.24, 2.45) is 0 Å². The molecule has 6 heteroatoms. The molecule has 1 amide bonds. The number of hydrogen-bond acceptors (Lipinski definition) is 5. The highest BCUT2D eigenvalue weighted by atomic mass is 32.1. The zero-order chi connectivity index (χ0) is 18.1. The van der Waals surface area contributed by atoms with Crippen LogP contribution in [0, 0.1) is 0 Å². The van der Waals surface area contributed by atoms with Crippen molar-refractivity contribution in [2.45, 2.75) is 44.9 Å². The van der Waals surface area contributed by atoms with E-state index in [4.69, 9.17) is 14.2 Å². The summed E-state index contributed by atoms with van der Waals surface area (Å²) in [6, 6.07) is 9.86. The van der Waals surface area contributed by atoms with Crippen molar-refractivity contribution in [3.8, 4) is 11.5 Å². The zero-order valence-electron chi connectivity index (χ0n) is 15.1. The first-order chi connectivity index (χ1) is 12.5. The standard InChI is InChI=1S/C20H23NO4S/c1-20(2)11-15(7-8-25-20)21(19(22)18-4-3-9-26-18)12-14-5-6-16-17(10-14)24-13-23-16/h3-6,9-10,15H,7-8,11-13H2,1-2H3. The molecular weight excluding hydrogens is 350 g/mol. The molecule has 1 aromatic heterocycles. The largest absolute Gasteiger partial charge is 0.454 e. The molecule has 2 aromatic rings. The van der Waals surface area contributed by atoms with Gasteiger partial charge in [0.25, 0.3) is 5.91 Å². The molecule has 5 nitrogen and oxygen atoms in total. The molecular formula is C20H23NO4S. The van der Waals surface area contributed by atoms with Crippen molar-refractivity contribution in [1.29, 1.82) is 0 Å². The first kappa shape index (κ1) is 17.4. The SMILES string of the molecule is CC1(C)CC(N(Cc2ccc3c(c2)OCO3)C(=O)c2cccs2)CCO1. The predicted molar refractivity (Wildman–Crippen MR) is 99.8 cm³/mol. The monoisotopic (exact) mass is 373 g/mol. The average molecular weight is 373 g/mol. The lowest BCUT2D eigenvalue weighted by Gasteiger charge is -2.41. The smallest absolute Gasteiger partial charge is 0.264 e. The van der Waals surface area contributed by atoms with Crippen molar-refractivity contribution in [3.63, 3.8) is 0 Å². The van der Waals surface area contributed by atoms with Gasteiger partial charge in [-0.15, -0.1) is 11.3 Å². The molecule has 1 aromatic carbocycles. The Labute approximate surface area is 157 Å². The van der Waals surface area contributed by atoms with E-state index in [9.17, 15) is 4.79 Å². The number of thiophene rings is 1. The van der Waals surface area contributed by atoms with Crippen LogP contribution in [0.1, 0.15) is 41.9 Å². The van der Waals surface area contributed by atoms with Gasteiger partial charge in [-0.05, 0) is 55.8 Å². The summed E-state index contributed by atoms with van der Waals surface area (Å²) in [4.78, 5) is 16.0. The summed E-state index contributed by atoms with van der Waals surface area (Å²) in [5, 5.41) is 1.94. The van der Waals surface area contributed by atoms with Gasteiger partial charge in [-0.2, -0.15) is 0 Å². The Balaban J connectivity index is 1.61. The maximum Gasteiger partial charge on any atom is 0.264 e. The van der Waals surface area contributed by atoms with E-state index in [0.717, 1.165) is 34.8 Å². The van der Waals surface area contributed by atoms with Gasteiger partial charge in [-0.1, -0.05) is 12.1 Å². The first-order valence-electron chi connectivity index (χ1n) is 8.89. The Hall–Kier alpha value is -2.05. The van der Waals surface area contributed by atoms with Gasteiger partial charge in [0.15, 0.2) is 11.5 Å². The summed E-state index contributed by atoms with van der Waals surface area (Å²) < 4.78 is 16.7. The van der Waals surface area contributed by atoms with Crippen molar-refractivity contribution in [2.75, 3.05) is 13.4 Å². The third kappa shape index (κ3) is 3.57. The molecule has 138 valence electrons. The Kier molecular flexibility index (Phi) is 4.63. The van der Waals surface area contributed by atoms with Crippen LogP contribution in [-0.2, 0) is 11.3 Å². The van der Waals surface area contributed by atoms with Crippen LogP contribution < -0.4 is 9.47 Å². The van der Waals surface area contributed by atoms with Gasteiger partial charge in [-0.25, -0.2) is 0 Å². The van der Waals surface area contributed by atoms with E-state index in [0.29, 0.717) is 13.2 Å². The first-order valence-corrected chi connectivity index (χ1v) is 9.77. The topological polar surface area (TPSA) is 48.0 Å². The summed E-state index contributed by atoms with van der Waals surface area (Å²) in [5.74, 6) is 1.59. The van der Waals surface area contributed by atoms with Crippen molar-refractivity contribution in [3.05, 3.63) is 46.2 Å². The Bertz CT molecular complexity index is 787. The molecule has 1 unspecified atom stereocenters. The lowest BCUT2D eigenvalue weighted by Crippen LogP contribution is -2.48.